The quantitative estimate of drug-likeness (QED) is 0.762. The van der Waals surface area contributed by atoms with Crippen LogP contribution in [0.25, 0.3) is 11.0 Å². The van der Waals surface area contributed by atoms with Crippen LogP contribution in [0.2, 0.25) is 0 Å². The number of hydrogen-bond acceptors (Lipinski definition) is 6. The minimum Gasteiger partial charge on any atom is -0.444 e. The van der Waals surface area contributed by atoms with Gasteiger partial charge in [0.2, 0.25) is 5.76 Å². The van der Waals surface area contributed by atoms with Crippen molar-refractivity contribution >= 4 is 39.0 Å². The fourth-order valence-electron chi connectivity index (χ4n) is 4.30. The van der Waals surface area contributed by atoms with E-state index in [1.807, 2.05) is 6.07 Å². The molecule has 2 aromatic heterocycles. The van der Waals surface area contributed by atoms with Crippen LogP contribution in [0.3, 0.4) is 0 Å². The smallest absolute Gasteiger partial charge is 0.204 e. The molecule has 0 amide bonds. The van der Waals surface area contributed by atoms with E-state index < -0.39 is 0 Å². The summed E-state index contributed by atoms with van der Waals surface area (Å²) in [7, 11) is 0. The third-order valence-electron chi connectivity index (χ3n) is 5.63. The number of anilines is 1. The Morgan fingerprint density at radius 2 is 2.15 bits per heavy atom. The fourth-order valence-corrected chi connectivity index (χ4v) is 4.82. The van der Waals surface area contributed by atoms with Crippen LogP contribution in [0.1, 0.15) is 44.3 Å². The molecule has 1 atom stereocenters. The lowest BCUT2D eigenvalue weighted by molar-refractivity contribution is -0.112. The second-order valence-electron chi connectivity index (χ2n) is 7.15. The zero-order chi connectivity index (χ0) is 18.1. The monoisotopic (exact) mass is 416 g/mol. The summed E-state index contributed by atoms with van der Waals surface area (Å²) in [5, 5.41) is 13.4. The number of fused-ring (bicyclic) bond motifs is 1. The molecule has 26 heavy (non-hydrogen) atoms. The first-order valence-corrected chi connectivity index (χ1v) is 9.94. The van der Waals surface area contributed by atoms with Crippen molar-refractivity contribution in [2.75, 3.05) is 11.9 Å². The molecule has 1 aliphatic carbocycles. The van der Waals surface area contributed by atoms with E-state index in [2.05, 4.69) is 31.1 Å². The number of nitrogens with zero attached hydrogens (tertiary/aromatic N) is 3. The van der Waals surface area contributed by atoms with Gasteiger partial charge in [0.25, 0.3) is 0 Å². The first kappa shape index (κ1) is 17.5. The maximum Gasteiger partial charge on any atom is 0.204 e. The molecule has 7 heteroatoms. The van der Waals surface area contributed by atoms with Crippen molar-refractivity contribution in [1.82, 2.24) is 9.88 Å². The Bertz CT molecular complexity index is 851. The summed E-state index contributed by atoms with van der Waals surface area (Å²) >= 11 is 3.59. The summed E-state index contributed by atoms with van der Waals surface area (Å²) in [5.74, 6) is 1.08. The second-order valence-corrected chi connectivity index (χ2v) is 7.95. The first-order chi connectivity index (χ1) is 12.7. The van der Waals surface area contributed by atoms with Crippen LogP contribution < -0.4 is 5.32 Å². The van der Waals surface area contributed by atoms with E-state index in [4.69, 9.17) is 9.68 Å². The van der Waals surface area contributed by atoms with Gasteiger partial charge in [0, 0.05) is 23.5 Å². The highest BCUT2D eigenvalue weighted by molar-refractivity contribution is 9.10. The molecule has 0 radical (unpaired) electrons. The number of furan rings is 1. The summed E-state index contributed by atoms with van der Waals surface area (Å²) < 4.78 is 6.26. The Morgan fingerprint density at radius 3 is 2.88 bits per heavy atom. The van der Waals surface area contributed by atoms with Gasteiger partial charge in [0.05, 0.1) is 16.7 Å². The average Bonchev–Trinajstić information content (AvgIpc) is 3.31. The van der Waals surface area contributed by atoms with Gasteiger partial charge in [-0.2, -0.15) is 5.26 Å². The molecule has 0 bridgehead atoms. The van der Waals surface area contributed by atoms with Crippen LogP contribution in [-0.4, -0.2) is 40.8 Å². The summed E-state index contributed by atoms with van der Waals surface area (Å²) in [6, 6.07) is 4.77. The summed E-state index contributed by atoms with van der Waals surface area (Å²) in [6.07, 6.45) is 9.25. The highest BCUT2D eigenvalue weighted by Gasteiger charge is 2.33. The van der Waals surface area contributed by atoms with Crippen LogP contribution in [0, 0.1) is 11.3 Å². The van der Waals surface area contributed by atoms with Gasteiger partial charge in [-0.05, 0) is 61.0 Å². The standard InChI is InChI=1S/C19H21BrN4O2/c20-18-16-8-15(9-21)26-17(16)10-22-19(18)23-12-3-5-13(6-4-12)24-7-1-2-14(24)11-25/h8,10-14H,1-7H2,(H,22,23)/t12?,13?,14-/m0/s1. The van der Waals surface area contributed by atoms with Gasteiger partial charge < -0.3 is 14.5 Å². The zero-order valence-electron chi connectivity index (χ0n) is 14.4. The number of carbonyl (C=O) groups is 1. The number of likely N-dealkylation sites (tertiary alicyclic amines) is 1. The summed E-state index contributed by atoms with van der Waals surface area (Å²) in [5.41, 5.74) is 0.608. The number of halogens is 1. The van der Waals surface area contributed by atoms with Crippen molar-refractivity contribution in [3.05, 3.63) is 22.5 Å². The number of carbonyl (C=O) groups excluding carboxylic acids is 1. The Kier molecular flexibility index (Phi) is 4.96. The van der Waals surface area contributed by atoms with Crippen LogP contribution in [0.5, 0.6) is 0 Å². The SMILES string of the molecule is N#Cc1cc2c(Br)c(NC3CCC(N4CCC[C@H]4C=O)CC3)ncc2o1. The van der Waals surface area contributed by atoms with Crippen molar-refractivity contribution in [2.45, 2.75) is 56.7 Å². The number of aromatic nitrogens is 1. The molecule has 2 aromatic rings. The maximum absolute atomic E-state index is 11.2. The molecule has 1 N–H and O–H groups in total. The highest BCUT2D eigenvalue weighted by Crippen LogP contribution is 2.34. The van der Waals surface area contributed by atoms with Gasteiger partial charge in [-0.15, -0.1) is 0 Å². The van der Waals surface area contributed by atoms with Gasteiger partial charge in [0.1, 0.15) is 18.2 Å². The lowest BCUT2D eigenvalue weighted by Crippen LogP contribution is -2.43. The topological polar surface area (TPSA) is 82.2 Å². The van der Waals surface area contributed by atoms with Crippen LogP contribution in [-0.2, 0) is 4.79 Å². The molecule has 1 saturated carbocycles. The number of hydrogen-bond donors (Lipinski definition) is 1. The first-order valence-electron chi connectivity index (χ1n) is 9.15. The second kappa shape index (κ2) is 7.37. The zero-order valence-corrected chi connectivity index (χ0v) is 16.0. The van der Waals surface area contributed by atoms with E-state index in [-0.39, 0.29) is 11.8 Å². The molecule has 4 rings (SSSR count). The molecule has 1 aliphatic heterocycles. The average molecular weight is 417 g/mol. The van der Waals surface area contributed by atoms with Gasteiger partial charge >= 0.3 is 0 Å². The van der Waals surface area contributed by atoms with Crippen LogP contribution >= 0.6 is 15.9 Å². The van der Waals surface area contributed by atoms with Crippen molar-refractivity contribution < 1.29 is 9.21 Å². The Labute approximate surface area is 160 Å². The molecule has 1 saturated heterocycles. The highest BCUT2D eigenvalue weighted by atomic mass is 79.9. The van der Waals surface area contributed by atoms with E-state index in [9.17, 15) is 4.79 Å². The van der Waals surface area contributed by atoms with Gasteiger partial charge in [0.15, 0.2) is 5.58 Å². The van der Waals surface area contributed by atoms with Crippen LogP contribution in [0.4, 0.5) is 5.82 Å². The van der Waals surface area contributed by atoms with Crippen molar-refractivity contribution in [3.8, 4) is 6.07 Å². The number of nitriles is 1. The van der Waals surface area contributed by atoms with E-state index in [0.717, 1.165) is 67.0 Å². The van der Waals surface area contributed by atoms with Gasteiger partial charge in [-0.1, -0.05) is 0 Å². The van der Waals surface area contributed by atoms with Gasteiger partial charge in [-0.3, -0.25) is 4.90 Å². The van der Waals surface area contributed by atoms with E-state index in [1.165, 1.54) is 0 Å². The molecule has 0 spiro atoms. The van der Waals surface area contributed by atoms with Crippen molar-refractivity contribution in [3.63, 3.8) is 0 Å². The molecule has 0 unspecified atom stereocenters. The van der Waals surface area contributed by atoms with Crippen LogP contribution in [0.15, 0.2) is 21.2 Å². The molecular formula is C19H21BrN4O2. The van der Waals surface area contributed by atoms with Gasteiger partial charge in [-0.25, -0.2) is 4.98 Å². The Morgan fingerprint density at radius 1 is 1.35 bits per heavy atom. The predicted molar refractivity (Wildman–Crippen MR) is 102 cm³/mol. The minimum absolute atomic E-state index is 0.123. The number of aldehydes is 1. The molecule has 0 aromatic carbocycles. The maximum atomic E-state index is 11.2. The third-order valence-corrected chi connectivity index (χ3v) is 6.43. The Balaban J connectivity index is 1.41. The number of rotatable bonds is 4. The summed E-state index contributed by atoms with van der Waals surface area (Å²) in [6.45, 7) is 1.05. The van der Waals surface area contributed by atoms with Crippen molar-refractivity contribution in [2.24, 2.45) is 0 Å². The molecule has 2 fully saturated rings. The normalized spacial score (nSPS) is 26.7. The molecule has 3 heterocycles. The third kappa shape index (κ3) is 3.24. The molecular weight excluding hydrogens is 396 g/mol. The van der Waals surface area contributed by atoms with E-state index >= 15 is 0 Å². The largest absolute Gasteiger partial charge is 0.444 e. The molecule has 2 aliphatic rings. The summed E-state index contributed by atoms with van der Waals surface area (Å²) in [4.78, 5) is 18.1. The van der Waals surface area contributed by atoms with E-state index in [1.54, 1.807) is 12.3 Å². The number of nitrogens with one attached hydrogen (secondary N) is 1. The Hall–Kier alpha value is -1.91. The minimum atomic E-state index is 0.123. The van der Waals surface area contributed by atoms with E-state index in [0.29, 0.717) is 17.7 Å². The number of pyridine rings is 1. The predicted octanol–water partition coefficient (Wildman–Crippen LogP) is 3.85. The fraction of sp³-hybridized carbons (Fsp3) is 0.526. The lowest BCUT2D eigenvalue weighted by atomic mass is 9.90. The lowest BCUT2D eigenvalue weighted by Gasteiger charge is -2.36. The van der Waals surface area contributed by atoms with Crippen molar-refractivity contribution in [1.29, 1.82) is 5.26 Å². The molecule has 6 nitrogen and oxygen atoms in total. The molecule has 136 valence electrons.